The number of carbonyl (C=O) groups is 1. The van der Waals surface area contributed by atoms with Gasteiger partial charge in [-0.25, -0.2) is 0 Å². The molecule has 1 N–H and O–H groups in total. The van der Waals surface area contributed by atoms with Crippen LogP contribution in [0.2, 0.25) is 0 Å². The predicted octanol–water partition coefficient (Wildman–Crippen LogP) is 2.79. The van der Waals surface area contributed by atoms with Crippen LogP contribution in [0.4, 0.5) is 0 Å². The van der Waals surface area contributed by atoms with Crippen LogP contribution in [0.5, 0.6) is 0 Å². The van der Waals surface area contributed by atoms with Crippen molar-refractivity contribution in [3.63, 3.8) is 0 Å². The average Bonchev–Trinajstić information content (AvgIpc) is 2.81. The lowest BCUT2D eigenvalue weighted by Crippen LogP contribution is -2.51. The maximum absolute atomic E-state index is 12.2. The summed E-state index contributed by atoms with van der Waals surface area (Å²) in [6, 6.07) is 0. The van der Waals surface area contributed by atoms with E-state index in [0.717, 1.165) is 30.0 Å². The van der Waals surface area contributed by atoms with Gasteiger partial charge in [-0.05, 0) is 80.1 Å². The van der Waals surface area contributed by atoms with E-state index in [2.05, 4.69) is 14.9 Å². The van der Waals surface area contributed by atoms with Gasteiger partial charge in [0.15, 0.2) is 0 Å². The zero-order valence-corrected chi connectivity index (χ0v) is 12.7. The van der Waals surface area contributed by atoms with Crippen LogP contribution < -0.4 is 5.32 Å². The number of hydrogen-bond donors (Lipinski definition) is 1. The Morgan fingerprint density at radius 1 is 1.25 bits per heavy atom. The van der Waals surface area contributed by atoms with Gasteiger partial charge >= 0.3 is 0 Å². The fraction of sp³-hybridized carbons (Fsp3) is 0.800. The van der Waals surface area contributed by atoms with Crippen molar-refractivity contribution in [2.45, 2.75) is 45.4 Å². The molecule has 1 aromatic rings. The van der Waals surface area contributed by atoms with Crippen molar-refractivity contribution in [1.82, 2.24) is 14.9 Å². The standard InChI is InChI=1S/C15H21N3OS/c1-9-13(20-18-17-9)14(19)16-8-15-5-10-2-11(6-15)4-12(3-10)7-15/h10-12H,2-8H2,1H3,(H,16,19). The van der Waals surface area contributed by atoms with Gasteiger partial charge in [0.2, 0.25) is 0 Å². The highest BCUT2D eigenvalue weighted by molar-refractivity contribution is 7.07. The minimum absolute atomic E-state index is 0.0215. The van der Waals surface area contributed by atoms with E-state index in [4.69, 9.17) is 0 Å². The summed E-state index contributed by atoms with van der Waals surface area (Å²) in [6.07, 6.45) is 8.35. The second-order valence-corrected chi connectivity index (χ2v) is 8.04. The first kappa shape index (κ1) is 12.7. The zero-order chi connectivity index (χ0) is 13.7. The molecular formula is C15H21N3OS. The predicted molar refractivity (Wildman–Crippen MR) is 77.6 cm³/mol. The molecule has 1 heterocycles. The van der Waals surface area contributed by atoms with E-state index in [9.17, 15) is 4.79 Å². The molecule has 20 heavy (non-hydrogen) atoms. The van der Waals surface area contributed by atoms with Crippen LogP contribution in [-0.4, -0.2) is 22.0 Å². The number of carbonyl (C=O) groups excluding carboxylic acids is 1. The van der Waals surface area contributed by atoms with E-state index in [1.54, 1.807) is 0 Å². The number of hydrogen-bond acceptors (Lipinski definition) is 4. The van der Waals surface area contributed by atoms with Gasteiger partial charge in [-0.2, -0.15) is 0 Å². The van der Waals surface area contributed by atoms with Crippen molar-refractivity contribution in [2.75, 3.05) is 6.54 Å². The summed E-state index contributed by atoms with van der Waals surface area (Å²) < 4.78 is 3.85. The second-order valence-electron chi connectivity index (χ2n) is 7.29. The Balaban J connectivity index is 1.45. The Labute approximate surface area is 123 Å². The summed E-state index contributed by atoms with van der Waals surface area (Å²) >= 11 is 1.20. The first-order chi connectivity index (χ1) is 9.63. The maximum atomic E-state index is 12.2. The van der Waals surface area contributed by atoms with Gasteiger partial charge in [0.05, 0.1) is 5.69 Å². The van der Waals surface area contributed by atoms with Crippen molar-refractivity contribution >= 4 is 17.4 Å². The lowest BCUT2D eigenvalue weighted by molar-refractivity contribution is -0.0503. The van der Waals surface area contributed by atoms with Crippen molar-refractivity contribution in [3.8, 4) is 0 Å². The Bertz CT molecular complexity index is 504. The Morgan fingerprint density at radius 2 is 1.85 bits per heavy atom. The van der Waals surface area contributed by atoms with Gasteiger partial charge in [0.1, 0.15) is 4.88 Å². The molecule has 4 aliphatic rings. The van der Waals surface area contributed by atoms with E-state index in [1.165, 1.54) is 50.1 Å². The number of aryl methyl sites for hydroxylation is 1. The minimum atomic E-state index is 0.0215. The van der Waals surface area contributed by atoms with E-state index in [1.807, 2.05) is 6.92 Å². The highest BCUT2D eigenvalue weighted by Gasteiger charge is 2.50. The highest BCUT2D eigenvalue weighted by atomic mass is 32.1. The molecule has 5 heteroatoms. The van der Waals surface area contributed by atoms with E-state index < -0.39 is 0 Å². The summed E-state index contributed by atoms with van der Waals surface area (Å²) in [7, 11) is 0. The van der Waals surface area contributed by atoms with Crippen LogP contribution >= 0.6 is 11.5 Å². The van der Waals surface area contributed by atoms with Gasteiger partial charge in [-0.1, -0.05) is 4.49 Å². The van der Waals surface area contributed by atoms with Crippen LogP contribution in [0.1, 0.15) is 53.9 Å². The molecule has 0 atom stereocenters. The summed E-state index contributed by atoms with van der Waals surface area (Å²) in [5.74, 6) is 2.83. The van der Waals surface area contributed by atoms with Crippen LogP contribution in [0.25, 0.3) is 0 Å². The van der Waals surface area contributed by atoms with Crippen LogP contribution in [-0.2, 0) is 0 Å². The maximum Gasteiger partial charge on any atom is 0.264 e. The second kappa shape index (κ2) is 4.52. The fourth-order valence-electron chi connectivity index (χ4n) is 5.29. The summed E-state index contributed by atoms with van der Waals surface area (Å²) in [4.78, 5) is 12.9. The quantitative estimate of drug-likeness (QED) is 0.931. The lowest BCUT2D eigenvalue weighted by Gasteiger charge is -2.56. The normalized spacial score (nSPS) is 38.1. The van der Waals surface area contributed by atoms with Crippen LogP contribution in [0.3, 0.4) is 0 Å². The van der Waals surface area contributed by atoms with Gasteiger partial charge in [-0.3, -0.25) is 4.79 Å². The number of aromatic nitrogens is 2. The van der Waals surface area contributed by atoms with Gasteiger partial charge in [-0.15, -0.1) is 5.10 Å². The topological polar surface area (TPSA) is 54.9 Å². The lowest BCUT2D eigenvalue weighted by atomic mass is 9.49. The molecule has 0 spiro atoms. The molecule has 1 amide bonds. The number of amides is 1. The van der Waals surface area contributed by atoms with Crippen LogP contribution in [0, 0.1) is 30.1 Å². The Kier molecular flexibility index (Phi) is 2.88. The smallest absolute Gasteiger partial charge is 0.264 e. The first-order valence-electron chi connectivity index (χ1n) is 7.71. The van der Waals surface area contributed by atoms with E-state index in [-0.39, 0.29) is 5.91 Å². The summed E-state index contributed by atoms with van der Waals surface area (Å²) in [5, 5.41) is 7.09. The van der Waals surface area contributed by atoms with Gasteiger partial charge in [0, 0.05) is 6.54 Å². The molecule has 0 unspecified atom stereocenters. The van der Waals surface area contributed by atoms with Crippen molar-refractivity contribution in [1.29, 1.82) is 0 Å². The first-order valence-corrected chi connectivity index (χ1v) is 8.48. The van der Waals surface area contributed by atoms with Crippen LogP contribution in [0.15, 0.2) is 0 Å². The molecule has 4 aliphatic carbocycles. The van der Waals surface area contributed by atoms with Crippen molar-refractivity contribution < 1.29 is 4.79 Å². The molecule has 0 aromatic carbocycles. The Morgan fingerprint density at radius 3 is 2.35 bits per heavy atom. The number of nitrogens with one attached hydrogen (secondary N) is 1. The SMILES string of the molecule is Cc1nnsc1C(=O)NCC12CC3CC(CC(C3)C1)C2. The molecule has 4 saturated carbocycles. The minimum Gasteiger partial charge on any atom is -0.351 e. The highest BCUT2D eigenvalue weighted by Crippen LogP contribution is 2.59. The molecular weight excluding hydrogens is 270 g/mol. The molecule has 4 bridgehead atoms. The van der Waals surface area contributed by atoms with E-state index in [0.29, 0.717) is 10.3 Å². The molecule has 0 saturated heterocycles. The molecule has 4 fully saturated rings. The largest absolute Gasteiger partial charge is 0.351 e. The van der Waals surface area contributed by atoms with Gasteiger partial charge < -0.3 is 5.32 Å². The number of nitrogens with zero attached hydrogens (tertiary/aromatic N) is 2. The third-order valence-corrected chi connectivity index (χ3v) is 6.47. The molecule has 5 rings (SSSR count). The molecule has 4 nitrogen and oxygen atoms in total. The van der Waals surface area contributed by atoms with Crippen molar-refractivity contribution in [2.24, 2.45) is 23.2 Å². The molecule has 108 valence electrons. The zero-order valence-electron chi connectivity index (χ0n) is 11.9. The fourth-order valence-corrected chi connectivity index (χ4v) is 5.87. The van der Waals surface area contributed by atoms with E-state index >= 15 is 0 Å². The number of rotatable bonds is 3. The summed E-state index contributed by atoms with van der Waals surface area (Å²) in [5.41, 5.74) is 1.15. The molecule has 0 aliphatic heterocycles. The third kappa shape index (κ3) is 2.07. The molecule has 1 aromatic heterocycles. The average molecular weight is 291 g/mol. The monoisotopic (exact) mass is 291 g/mol. The Hall–Kier alpha value is -0.970. The molecule has 0 radical (unpaired) electrons. The van der Waals surface area contributed by atoms with Crippen molar-refractivity contribution in [3.05, 3.63) is 10.6 Å². The summed E-state index contributed by atoms with van der Waals surface area (Å²) in [6.45, 7) is 2.70. The third-order valence-electron chi connectivity index (χ3n) is 5.65. The van der Waals surface area contributed by atoms with Gasteiger partial charge in [0.25, 0.3) is 5.91 Å².